The molecule has 106 valence electrons. The van der Waals surface area contributed by atoms with E-state index in [0.717, 1.165) is 0 Å². The Balaban J connectivity index is 2.83. The molecule has 0 aliphatic rings. The molecule has 0 aliphatic carbocycles. The second kappa shape index (κ2) is 5.02. The van der Waals surface area contributed by atoms with E-state index in [1.54, 1.807) is 20.8 Å². The van der Waals surface area contributed by atoms with Crippen LogP contribution < -0.4 is 5.32 Å². The molecule has 8 heteroatoms. The quantitative estimate of drug-likeness (QED) is 0.800. The Morgan fingerprint density at radius 3 is 2.32 bits per heavy atom. The molecule has 0 aromatic carbocycles. The number of carbonyl (C=O) groups excluding carboxylic acids is 1. The topological polar surface area (TPSA) is 51.2 Å². The van der Waals surface area contributed by atoms with Gasteiger partial charge in [-0.3, -0.25) is 5.32 Å². The number of alkyl halides is 3. The summed E-state index contributed by atoms with van der Waals surface area (Å²) in [6, 6.07) is 0.528. The van der Waals surface area contributed by atoms with Gasteiger partial charge in [-0.2, -0.15) is 13.2 Å². The van der Waals surface area contributed by atoms with Gasteiger partial charge in [-0.25, -0.2) is 14.2 Å². The van der Waals surface area contributed by atoms with Gasteiger partial charge in [0.1, 0.15) is 5.60 Å². The molecule has 1 aromatic rings. The van der Waals surface area contributed by atoms with Crippen LogP contribution in [0, 0.1) is 5.82 Å². The largest absolute Gasteiger partial charge is 0.444 e. The van der Waals surface area contributed by atoms with Gasteiger partial charge in [0.05, 0.1) is 11.9 Å². The molecular formula is C11H12F4N2O2. The molecule has 0 saturated heterocycles. The summed E-state index contributed by atoms with van der Waals surface area (Å²) >= 11 is 0. The van der Waals surface area contributed by atoms with Gasteiger partial charge in [0.15, 0.2) is 11.5 Å². The highest BCUT2D eigenvalue weighted by molar-refractivity contribution is 5.84. The van der Waals surface area contributed by atoms with Crippen LogP contribution in [0.3, 0.4) is 0 Å². The summed E-state index contributed by atoms with van der Waals surface area (Å²) in [4.78, 5) is 14.2. The number of aromatic nitrogens is 1. The van der Waals surface area contributed by atoms with Crippen LogP contribution in [0.5, 0.6) is 0 Å². The first-order valence-electron chi connectivity index (χ1n) is 5.22. The zero-order chi connectivity index (χ0) is 14.8. The van der Waals surface area contributed by atoms with E-state index in [1.165, 1.54) is 0 Å². The van der Waals surface area contributed by atoms with E-state index in [0.29, 0.717) is 12.3 Å². The zero-order valence-corrected chi connectivity index (χ0v) is 10.4. The molecule has 0 atom stereocenters. The zero-order valence-electron chi connectivity index (χ0n) is 10.4. The average molecular weight is 280 g/mol. The van der Waals surface area contributed by atoms with Crippen LogP contribution in [-0.4, -0.2) is 16.7 Å². The summed E-state index contributed by atoms with van der Waals surface area (Å²) in [5.41, 5.74) is -2.64. The molecule has 0 saturated carbocycles. The fourth-order valence-corrected chi connectivity index (χ4v) is 1.14. The summed E-state index contributed by atoms with van der Waals surface area (Å²) in [7, 11) is 0. The van der Waals surface area contributed by atoms with Crippen molar-refractivity contribution in [3.63, 3.8) is 0 Å². The van der Waals surface area contributed by atoms with Crippen LogP contribution in [0.25, 0.3) is 0 Å². The molecule has 1 aromatic heterocycles. The van der Waals surface area contributed by atoms with Crippen molar-refractivity contribution < 1.29 is 27.1 Å². The van der Waals surface area contributed by atoms with E-state index < -0.39 is 29.4 Å². The van der Waals surface area contributed by atoms with Crippen LogP contribution in [0.15, 0.2) is 12.3 Å². The van der Waals surface area contributed by atoms with Gasteiger partial charge < -0.3 is 4.74 Å². The molecule has 1 rings (SSSR count). The minimum Gasteiger partial charge on any atom is -0.444 e. The number of nitrogens with one attached hydrogen (secondary N) is 1. The van der Waals surface area contributed by atoms with Crippen molar-refractivity contribution in [1.29, 1.82) is 0 Å². The van der Waals surface area contributed by atoms with Gasteiger partial charge in [0.25, 0.3) is 0 Å². The third kappa shape index (κ3) is 4.72. The lowest BCUT2D eigenvalue weighted by atomic mass is 10.2. The summed E-state index contributed by atoms with van der Waals surface area (Å²) < 4.78 is 54.8. The van der Waals surface area contributed by atoms with Crippen molar-refractivity contribution >= 4 is 11.8 Å². The second-order valence-electron chi connectivity index (χ2n) is 4.68. The fraction of sp³-hybridized carbons (Fsp3) is 0.455. The van der Waals surface area contributed by atoms with E-state index in [2.05, 4.69) is 10.3 Å². The normalized spacial score (nSPS) is 12.2. The Kier molecular flexibility index (Phi) is 4.02. The van der Waals surface area contributed by atoms with Gasteiger partial charge in [0.2, 0.25) is 0 Å². The van der Waals surface area contributed by atoms with E-state index in [-0.39, 0.29) is 5.69 Å². The lowest BCUT2D eigenvalue weighted by Gasteiger charge is -2.19. The molecule has 0 spiro atoms. The number of anilines is 1. The molecule has 0 radical (unpaired) electrons. The SMILES string of the molecule is CC(C)(C)OC(=O)Nc1cnc(C(F)(F)F)c(F)c1. The minimum absolute atomic E-state index is 0.222. The number of amides is 1. The predicted molar refractivity (Wildman–Crippen MR) is 59.1 cm³/mol. The highest BCUT2D eigenvalue weighted by Crippen LogP contribution is 2.30. The molecule has 19 heavy (non-hydrogen) atoms. The van der Waals surface area contributed by atoms with Crippen molar-refractivity contribution in [2.45, 2.75) is 32.5 Å². The highest BCUT2D eigenvalue weighted by Gasteiger charge is 2.36. The monoisotopic (exact) mass is 280 g/mol. The van der Waals surface area contributed by atoms with Crippen LogP contribution in [-0.2, 0) is 10.9 Å². The molecule has 1 heterocycles. The third-order valence-corrected chi connectivity index (χ3v) is 1.75. The Morgan fingerprint density at radius 1 is 1.32 bits per heavy atom. The Labute approximate surface area is 106 Å². The molecule has 0 unspecified atom stereocenters. The molecule has 0 bridgehead atoms. The number of ether oxygens (including phenoxy) is 1. The first-order chi connectivity index (χ1) is 8.49. The second-order valence-corrected chi connectivity index (χ2v) is 4.68. The van der Waals surface area contributed by atoms with E-state index in [9.17, 15) is 22.4 Å². The van der Waals surface area contributed by atoms with Gasteiger partial charge in [-0.05, 0) is 20.8 Å². The van der Waals surface area contributed by atoms with Crippen LogP contribution in [0.1, 0.15) is 26.5 Å². The fourth-order valence-electron chi connectivity index (χ4n) is 1.14. The maximum atomic E-state index is 13.2. The summed E-state index contributed by atoms with van der Waals surface area (Å²) in [5, 5.41) is 2.09. The van der Waals surface area contributed by atoms with E-state index in [4.69, 9.17) is 4.74 Å². The lowest BCUT2D eigenvalue weighted by Crippen LogP contribution is -2.27. The predicted octanol–water partition coefficient (Wildman–Crippen LogP) is 3.59. The standard InChI is InChI=1S/C11H12F4N2O2/c1-10(2,3)19-9(18)17-6-4-7(12)8(16-5-6)11(13,14)15/h4-5H,1-3H3,(H,17,18). The van der Waals surface area contributed by atoms with Gasteiger partial charge in [-0.15, -0.1) is 0 Å². The minimum atomic E-state index is -4.88. The highest BCUT2D eigenvalue weighted by atomic mass is 19.4. The average Bonchev–Trinajstić information content (AvgIpc) is 2.11. The van der Waals surface area contributed by atoms with Crippen LogP contribution >= 0.6 is 0 Å². The molecule has 0 fully saturated rings. The number of rotatable bonds is 1. The molecular weight excluding hydrogens is 268 g/mol. The van der Waals surface area contributed by atoms with Crippen molar-refractivity contribution in [3.8, 4) is 0 Å². The third-order valence-electron chi connectivity index (χ3n) is 1.75. The van der Waals surface area contributed by atoms with Crippen LogP contribution in [0.2, 0.25) is 0 Å². The Hall–Kier alpha value is -1.86. The number of hydrogen-bond acceptors (Lipinski definition) is 3. The first-order valence-corrected chi connectivity index (χ1v) is 5.22. The number of hydrogen-bond donors (Lipinski definition) is 1. The van der Waals surface area contributed by atoms with Crippen molar-refractivity contribution in [3.05, 3.63) is 23.8 Å². The van der Waals surface area contributed by atoms with Crippen LogP contribution in [0.4, 0.5) is 28.0 Å². The summed E-state index contributed by atoms with van der Waals surface area (Å²) in [5.74, 6) is -1.57. The molecule has 4 nitrogen and oxygen atoms in total. The van der Waals surface area contributed by atoms with E-state index >= 15 is 0 Å². The Morgan fingerprint density at radius 2 is 1.89 bits per heavy atom. The van der Waals surface area contributed by atoms with Crippen molar-refractivity contribution in [2.24, 2.45) is 0 Å². The van der Waals surface area contributed by atoms with Crippen molar-refractivity contribution in [2.75, 3.05) is 5.32 Å². The lowest BCUT2D eigenvalue weighted by molar-refractivity contribution is -0.143. The summed E-state index contributed by atoms with van der Waals surface area (Å²) in [6.45, 7) is 4.83. The number of halogens is 4. The van der Waals surface area contributed by atoms with Gasteiger partial charge >= 0.3 is 12.3 Å². The summed E-state index contributed by atoms with van der Waals surface area (Å²) in [6.07, 6.45) is -5.09. The number of carbonyl (C=O) groups is 1. The maximum Gasteiger partial charge on any atom is 0.436 e. The first kappa shape index (κ1) is 15.2. The molecule has 1 amide bonds. The molecule has 0 aliphatic heterocycles. The molecule has 1 N–H and O–H groups in total. The smallest absolute Gasteiger partial charge is 0.436 e. The van der Waals surface area contributed by atoms with Crippen molar-refractivity contribution in [1.82, 2.24) is 4.98 Å². The Bertz CT molecular complexity index is 481. The maximum absolute atomic E-state index is 13.2. The number of nitrogens with zero attached hydrogens (tertiary/aromatic N) is 1. The van der Waals surface area contributed by atoms with E-state index in [1.807, 2.05) is 0 Å². The van der Waals surface area contributed by atoms with Gasteiger partial charge in [-0.1, -0.05) is 0 Å². The van der Waals surface area contributed by atoms with Gasteiger partial charge in [0, 0.05) is 6.07 Å². The number of pyridine rings is 1.